The zero-order chi connectivity index (χ0) is 13.4. The summed E-state index contributed by atoms with van der Waals surface area (Å²) < 4.78 is 5.06. The third-order valence-electron chi connectivity index (χ3n) is 3.54. The number of carbonyl (C=O) groups is 2. The smallest absolute Gasteiger partial charge is 0.303 e. The van der Waals surface area contributed by atoms with E-state index in [1.165, 1.54) is 0 Å². The molecule has 2 N–H and O–H groups in total. The predicted octanol–water partition coefficient (Wildman–Crippen LogP) is 1.71. The molecule has 5 nitrogen and oxygen atoms in total. The molecule has 104 valence electrons. The average molecular weight is 257 g/mol. The van der Waals surface area contributed by atoms with E-state index in [1.54, 1.807) is 7.11 Å². The molecule has 0 aliphatic heterocycles. The molecule has 0 heterocycles. The Kier molecular flexibility index (Phi) is 6.12. The Hall–Kier alpha value is -1.10. The molecule has 1 amide bonds. The second-order valence-corrected chi connectivity index (χ2v) is 5.03. The van der Waals surface area contributed by atoms with E-state index in [1.807, 2.05) is 0 Å². The molecule has 0 radical (unpaired) electrons. The summed E-state index contributed by atoms with van der Waals surface area (Å²) in [5, 5.41) is 11.6. The second kappa shape index (κ2) is 7.36. The van der Waals surface area contributed by atoms with E-state index in [-0.39, 0.29) is 17.9 Å². The first-order chi connectivity index (χ1) is 8.58. The summed E-state index contributed by atoms with van der Waals surface area (Å²) in [6.45, 7) is 0.666. The van der Waals surface area contributed by atoms with Gasteiger partial charge in [-0.1, -0.05) is 0 Å². The largest absolute Gasteiger partial charge is 0.481 e. The van der Waals surface area contributed by atoms with Crippen LogP contribution in [0.5, 0.6) is 0 Å². The minimum Gasteiger partial charge on any atom is -0.481 e. The number of hydrogen-bond acceptors (Lipinski definition) is 3. The molecular formula is C13H23NO4. The summed E-state index contributed by atoms with van der Waals surface area (Å²) in [7, 11) is 1.67. The quantitative estimate of drug-likeness (QED) is 0.616. The Bertz CT molecular complexity index is 287. The van der Waals surface area contributed by atoms with Crippen LogP contribution in [0.4, 0.5) is 0 Å². The number of carboxylic acid groups (broad SMARTS) is 1. The molecule has 0 saturated heterocycles. The normalized spacial score (nSPS) is 16.9. The molecule has 1 aliphatic carbocycles. The second-order valence-electron chi connectivity index (χ2n) is 5.03. The van der Waals surface area contributed by atoms with Crippen LogP contribution in [-0.2, 0) is 14.3 Å². The zero-order valence-electron chi connectivity index (χ0n) is 11.0. The van der Waals surface area contributed by atoms with Crippen molar-refractivity contribution in [1.82, 2.24) is 5.32 Å². The topological polar surface area (TPSA) is 75.6 Å². The van der Waals surface area contributed by atoms with Gasteiger partial charge in [0.25, 0.3) is 0 Å². The molecule has 1 fully saturated rings. The van der Waals surface area contributed by atoms with E-state index in [4.69, 9.17) is 9.84 Å². The Morgan fingerprint density at radius 2 is 1.94 bits per heavy atom. The average Bonchev–Trinajstić information content (AvgIpc) is 2.27. The first-order valence-electron chi connectivity index (χ1n) is 6.60. The van der Waals surface area contributed by atoms with Crippen molar-refractivity contribution < 1.29 is 19.4 Å². The molecule has 0 unspecified atom stereocenters. The van der Waals surface area contributed by atoms with Gasteiger partial charge in [0.05, 0.1) is 0 Å². The summed E-state index contributed by atoms with van der Waals surface area (Å²) in [4.78, 5) is 22.1. The Morgan fingerprint density at radius 3 is 2.44 bits per heavy atom. The van der Waals surface area contributed by atoms with Crippen molar-refractivity contribution in [3.8, 4) is 0 Å². The number of amides is 1. The highest BCUT2D eigenvalue weighted by atomic mass is 16.5. The van der Waals surface area contributed by atoms with Crippen molar-refractivity contribution in [2.45, 2.75) is 56.9 Å². The lowest BCUT2D eigenvalue weighted by Gasteiger charge is -2.42. The van der Waals surface area contributed by atoms with Crippen LogP contribution in [0.1, 0.15) is 51.4 Å². The molecule has 0 aromatic heterocycles. The fraction of sp³-hybridized carbons (Fsp3) is 0.846. The van der Waals surface area contributed by atoms with Gasteiger partial charge in [0.1, 0.15) is 0 Å². The SMILES string of the molecule is COCCC1(NC(=O)CCCCC(=O)O)CCC1. The van der Waals surface area contributed by atoms with Crippen molar-refractivity contribution in [1.29, 1.82) is 0 Å². The van der Waals surface area contributed by atoms with Gasteiger partial charge in [-0.05, 0) is 38.5 Å². The summed E-state index contributed by atoms with van der Waals surface area (Å²) in [5.41, 5.74) is -0.0557. The minimum atomic E-state index is -0.800. The van der Waals surface area contributed by atoms with Gasteiger partial charge in [-0.25, -0.2) is 0 Å². The van der Waals surface area contributed by atoms with Crippen LogP contribution in [0.25, 0.3) is 0 Å². The fourth-order valence-corrected chi connectivity index (χ4v) is 2.26. The molecule has 0 bridgehead atoms. The van der Waals surface area contributed by atoms with E-state index >= 15 is 0 Å². The van der Waals surface area contributed by atoms with Crippen LogP contribution in [-0.4, -0.2) is 36.2 Å². The number of methoxy groups -OCH3 is 1. The highest BCUT2D eigenvalue weighted by molar-refractivity contribution is 5.77. The summed E-state index contributed by atoms with van der Waals surface area (Å²) in [5.74, 6) is -0.762. The monoisotopic (exact) mass is 257 g/mol. The van der Waals surface area contributed by atoms with Gasteiger partial charge in [-0.2, -0.15) is 0 Å². The van der Waals surface area contributed by atoms with E-state index in [9.17, 15) is 9.59 Å². The molecule has 0 spiro atoms. The molecule has 0 atom stereocenters. The van der Waals surface area contributed by atoms with E-state index in [2.05, 4.69) is 5.32 Å². The summed E-state index contributed by atoms with van der Waals surface area (Å²) >= 11 is 0. The minimum absolute atomic E-state index is 0.0381. The number of unbranched alkanes of at least 4 members (excludes halogenated alkanes) is 1. The summed E-state index contributed by atoms with van der Waals surface area (Å²) in [6, 6.07) is 0. The van der Waals surface area contributed by atoms with Gasteiger partial charge in [0.2, 0.25) is 5.91 Å². The lowest BCUT2D eigenvalue weighted by molar-refractivity contribution is -0.137. The van der Waals surface area contributed by atoms with Gasteiger partial charge >= 0.3 is 5.97 Å². The number of nitrogens with one attached hydrogen (secondary N) is 1. The van der Waals surface area contributed by atoms with Gasteiger partial charge in [0, 0.05) is 32.1 Å². The van der Waals surface area contributed by atoms with Crippen LogP contribution in [0, 0.1) is 0 Å². The Labute approximate surface area is 108 Å². The van der Waals surface area contributed by atoms with Crippen LogP contribution < -0.4 is 5.32 Å². The van der Waals surface area contributed by atoms with Crippen LogP contribution in [0.2, 0.25) is 0 Å². The number of rotatable bonds is 9. The van der Waals surface area contributed by atoms with Crippen molar-refractivity contribution >= 4 is 11.9 Å². The number of carboxylic acids is 1. The van der Waals surface area contributed by atoms with Gasteiger partial charge in [-0.15, -0.1) is 0 Å². The van der Waals surface area contributed by atoms with Crippen molar-refractivity contribution in [3.63, 3.8) is 0 Å². The standard InChI is InChI=1S/C13H23NO4/c1-18-10-9-13(7-4-8-13)14-11(15)5-2-3-6-12(16)17/h2-10H2,1H3,(H,14,15)(H,16,17). The molecule has 5 heteroatoms. The first-order valence-corrected chi connectivity index (χ1v) is 6.60. The lowest BCUT2D eigenvalue weighted by Crippen LogP contribution is -2.54. The maximum atomic E-state index is 11.8. The Morgan fingerprint density at radius 1 is 1.28 bits per heavy atom. The third kappa shape index (κ3) is 5.04. The highest BCUT2D eigenvalue weighted by Gasteiger charge is 2.37. The van der Waals surface area contributed by atoms with Crippen LogP contribution in [0.15, 0.2) is 0 Å². The maximum absolute atomic E-state index is 11.8. The first kappa shape index (κ1) is 15.0. The van der Waals surface area contributed by atoms with E-state index in [0.717, 1.165) is 25.7 Å². The van der Waals surface area contributed by atoms with Crippen LogP contribution in [0.3, 0.4) is 0 Å². The third-order valence-corrected chi connectivity index (χ3v) is 3.54. The highest BCUT2D eigenvalue weighted by Crippen LogP contribution is 2.34. The Balaban J connectivity index is 2.19. The molecule has 18 heavy (non-hydrogen) atoms. The van der Waals surface area contributed by atoms with Crippen molar-refractivity contribution in [3.05, 3.63) is 0 Å². The molecule has 0 aromatic carbocycles. The number of hydrogen-bond donors (Lipinski definition) is 2. The molecule has 1 rings (SSSR count). The predicted molar refractivity (Wildman–Crippen MR) is 67.3 cm³/mol. The van der Waals surface area contributed by atoms with Crippen molar-refractivity contribution in [2.75, 3.05) is 13.7 Å². The van der Waals surface area contributed by atoms with Gasteiger partial charge < -0.3 is 15.2 Å². The van der Waals surface area contributed by atoms with E-state index in [0.29, 0.717) is 25.9 Å². The van der Waals surface area contributed by atoms with Gasteiger partial charge in [-0.3, -0.25) is 9.59 Å². The lowest BCUT2D eigenvalue weighted by atomic mass is 9.74. The molecular weight excluding hydrogens is 234 g/mol. The fourth-order valence-electron chi connectivity index (χ4n) is 2.26. The van der Waals surface area contributed by atoms with Crippen molar-refractivity contribution in [2.24, 2.45) is 0 Å². The number of aliphatic carboxylic acids is 1. The van der Waals surface area contributed by atoms with Gasteiger partial charge in [0.15, 0.2) is 0 Å². The van der Waals surface area contributed by atoms with Crippen LogP contribution >= 0.6 is 0 Å². The maximum Gasteiger partial charge on any atom is 0.303 e. The molecule has 0 aromatic rings. The molecule has 1 saturated carbocycles. The zero-order valence-corrected chi connectivity index (χ0v) is 11.0. The number of carbonyl (C=O) groups excluding carboxylic acids is 1. The molecule has 1 aliphatic rings. The summed E-state index contributed by atoms with van der Waals surface area (Å²) in [6.07, 6.45) is 5.83. The van der Waals surface area contributed by atoms with E-state index < -0.39 is 5.97 Å². The number of ether oxygens (including phenoxy) is 1.